The number of hydrogen-bond donors (Lipinski definition) is 1. The van der Waals surface area contributed by atoms with Gasteiger partial charge in [-0.2, -0.15) is 0 Å². The molecule has 1 fully saturated rings. The minimum Gasteiger partial charge on any atom is -0.350 e. The first kappa shape index (κ1) is 16.7. The van der Waals surface area contributed by atoms with Gasteiger partial charge in [0.1, 0.15) is 0 Å². The van der Waals surface area contributed by atoms with E-state index in [1.807, 2.05) is 18.2 Å². The van der Waals surface area contributed by atoms with Crippen LogP contribution in [0.15, 0.2) is 30.6 Å². The van der Waals surface area contributed by atoms with Crippen molar-refractivity contribution in [1.82, 2.24) is 10.3 Å². The van der Waals surface area contributed by atoms with E-state index in [1.54, 1.807) is 18.5 Å². The largest absolute Gasteiger partial charge is 0.350 e. The Morgan fingerprint density at radius 1 is 1.27 bits per heavy atom. The lowest BCUT2D eigenvalue weighted by Gasteiger charge is -2.39. The van der Waals surface area contributed by atoms with E-state index in [0.29, 0.717) is 11.5 Å². The Morgan fingerprint density at radius 3 is 2.50 bits per heavy atom. The zero-order chi connectivity index (χ0) is 16.0. The van der Waals surface area contributed by atoms with Gasteiger partial charge >= 0.3 is 0 Å². The number of pyridine rings is 1. The fourth-order valence-electron chi connectivity index (χ4n) is 3.20. The van der Waals surface area contributed by atoms with Gasteiger partial charge < -0.3 is 5.32 Å². The summed E-state index contributed by atoms with van der Waals surface area (Å²) in [4.78, 5) is 16.0. The molecule has 0 radical (unpaired) electrons. The highest BCUT2D eigenvalue weighted by atomic mass is 16.1. The number of amides is 1. The molecule has 0 aliphatic heterocycles. The van der Waals surface area contributed by atoms with Gasteiger partial charge in [-0.3, -0.25) is 9.78 Å². The first-order chi connectivity index (χ1) is 10.5. The zero-order valence-electron chi connectivity index (χ0n) is 14.0. The third kappa shape index (κ3) is 4.69. The molecule has 0 bridgehead atoms. The highest BCUT2D eigenvalue weighted by molar-refractivity contribution is 5.91. The second-order valence-corrected chi connectivity index (χ2v) is 7.01. The van der Waals surface area contributed by atoms with Crippen molar-refractivity contribution in [2.24, 2.45) is 11.3 Å². The highest BCUT2D eigenvalue weighted by Gasteiger charge is 2.31. The lowest BCUT2D eigenvalue weighted by Crippen LogP contribution is -2.39. The van der Waals surface area contributed by atoms with E-state index in [9.17, 15) is 4.79 Å². The molecule has 1 saturated carbocycles. The van der Waals surface area contributed by atoms with E-state index in [2.05, 4.69) is 31.1 Å². The van der Waals surface area contributed by atoms with E-state index in [4.69, 9.17) is 0 Å². The molecule has 0 aromatic carbocycles. The van der Waals surface area contributed by atoms with Crippen LogP contribution in [0.4, 0.5) is 0 Å². The topological polar surface area (TPSA) is 42.0 Å². The van der Waals surface area contributed by atoms with E-state index in [-0.39, 0.29) is 5.91 Å². The summed E-state index contributed by atoms with van der Waals surface area (Å²) < 4.78 is 0. The van der Waals surface area contributed by atoms with E-state index >= 15 is 0 Å². The fourth-order valence-corrected chi connectivity index (χ4v) is 3.20. The average Bonchev–Trinajstić information content (AvgIpc) is 2.54. The summed E-state index contributed by atoms with van der Waals surface area (Å²) in [5, 5.41) is 3.14. The Morgan fingerprint density at radius 2 is 1.91 bits per heavy atom. The molecule has 0 atom stereocenters. The quantitative estimate of drug-likeness (QED) is 0.828. The summed E-state index contributed by atoms with van der Waals surface area (Å²) in [5.74, 6) is 0.799. The lowest BCUT2D eigenvalue weighted by molar-refractivity contribution is -0.117. The van der Waals surface area contributed by atoms with Gasteiger partial charge in [0.25, 0.3) is 0 Å². The molecule has 1 N–H and O–H groups in total. The molecule has 1 amide bonds. The van der Waals surface area contributed by atoms with E-state index in [0.717, 1.165) is 24.3 Å². The monoisotopic (exact) mass is 300 g/mol. The van der Waals surface area contributed by atoms with Crippen molar-refractivity contribution in [2.45, 2.75) is 58.9 Å². The standard InChI is InChI=1S/C19H28N2O/c1-4-19(2,3)16-6-8-17(9-7-16)21-18(22)10-5-15-11-13-20-14-12-15/h5,10-14,16-17H,4,6-9H2,1-3H3,(H,21,22)/b10-5+. The molecule has 22 heavy (non-hydrogen) atoms. The van der Waals surface area contributed by atoms with Crippen LogP contribution in [0, 0.1) is 11.3 Å². The van der Waals surface area contributed by atoms with Crippen molar-refractivity contribution in [3.05, 3.63) is 36.2 Å². The van der Waals surface area contributed by atoms with Crippen LogP contribution in [-0.4, -0.2) is 16.9 Å². The first-order valence-electron chi connectivity index (χ1n) is 8.40. The van der Waals surface area contributed by atoms with Crippen molar-refractivity contribution in [3.8, 4) is 0 Å². The number of carbonyl (C=O) groups excluding carboxylic acids is 1. The average molecular weight is 300 g/mol. The molecule has 0 saturated heterocycles. The second kappa shape index (κ2) is 7.57. The molecular formula is C19H28N2O. The maximum atomic E-state index is 12.0. The first-order valence-corrected chi connectivity index (χ1v) is 8.40. The fraction of sp³-hybridized carbons (Fsp3) is 0.579. The molecule has 2 rings (SSSR count). The zero-order valence-corrected chi connectivity index (χ0v) is 14.0. The van der Waals surface area contributed by atoms with Crippen LogP contribution in [0.25, 0.3) is 6.08 Å². The van der Waals surface area contributed by atoms with E-state index < -0.39 is 0 Å². The van der Waals surface area contributed by atoms with Gasteiger partial charge in [-0.1, -0.05) is 27.2 Å². The van der Waals surface area contributed by atoms with Crippen LogP contribution in [0.3, 0.4) is 0 Å². The number of nitrogens with zero attached hydrogens (tertiary/aromatic N) is 1. The Labute approximate surface area is 134 Å². The summed E-state index contributed by atoms with van der Waals surface area (Å²) >= 11 is 0. The smallest absolute Gasteiger partial charge is 0.244 e. The van der Waals surface area contributed by atoms with Crippen molar-refractivity contribution in [2.75, 3.05) is 0 Å². The van der Waals surface area contributed by atoms with Crippen molar-refractivity contribution < 1.29 is 4.79 Å². The van der Waals surface area contributed by atoms with Crippen LogP contribution in [0.5, 0.6) is 0 Å². The SMILES string of the molecule is CCC(C)(C)C1CCC(NC(=O)/C=C/c2ccncc2)CC1. The van der Waals surface area contributed by atoms with Crippen LogP contribution >= 0.6 is 0 Å². The predicted molar refractivity (Wildman–Crippen MR) is 91.2 cm³/mol. The Kier molecular flexibility index (Phi) is 5.76. The number of rotatable bonds is 5. The lowest BCUT2D eigenvalue weighted by atomic mass is 9.69. The summed E-state index contributed by atoms with van der Waals surface area (Å²) in [6, 6.07) is 4.11. The maximum absolute atomic E-state index is 12.0. The van der Waals surface area contributed by atoms with Gasteiger partial charge in [-0.25, -0.2) is 0 Å². The molecule has 3 nitrogen and oxygen atoms in total. The van der Waals surface area contributed by atoms with Crippen LogP contribution in [0.2, 0.25) is 0 Å². The molecule has 1 aliphatic carbocycles. The normalized spacial score (nSPS) is 22.7. The Balaban J connectivity index is 1.79. The third-order valence-electron chi connectivity index (χ3n) is 5.22. The number of hydrogen-bond acceptors (Lipinski definition) is 2. The molecule has 1 aromatic rings. The number of carbonyl (C=O) groups is 1. The predicted octanol–water partition coefficient (Wildman–Crippen LogP) is 4.21. The van der Waals surface area contributed by atoms with Gasteiger partial charge in [0.2, 0.25) is 5.91 Å². The van der Waals surface area contributed by atoms with Crippen molar-refractivity contribution in [1.29, 1.82) is 0 Å². The Bertz CT molecular complexity index is 499. The molecule has 0 spiro atoms. The molecule has 1 aromatic heterocycles. The van der Waals surface area contributed by atoms with Gasteiger partial charge in [0, 0.05) is 24.5 Å². The number of aromatic nitrogens is 1. The molecule has 1 heterocycles. The van der Waals surface area contributed by atoms with E-state index in [1.165, 1.54) is 19.3 Å². The molecule has 1 aliphatic rings. The maximum Gasteiger partial charge on any atom is 0.244 e. The summed E-state index contributed by atoms with van der Waals surface area (Å²) in [6.07, 6.45) is 12.8. The van der Waals surface area contributed by atoms with Gasteiger partial charge in [-0.15, -0.1) is 0 Å². The van der Waals surface area contributed by atoms with Crippen molar-refractivity contribution >= 4 is 12.0 Å². The summed E-state index contributed by atoms with van der Waals surface area (Å²) in [7, 11) is 0. The minimum absolute atomic E-state index is 0.00927. The van der Waals surface area contributed by atoms with Gasteiger partial charge in [0.05, 0.1) is 0 Å². The molecule has 120 valence electrons. The highest BCUT2D eigenvalue weighted by Crippen LogP contribution is 2.40. The second-order valence-electron chi connectivity index (χ2n) is 7.01. The minimum atomic E-state index is 0.00927. The van der Waals surface area contributed by atoms with Crippen molar-refractivity contribution in [3.63, 3.8) is 0 Å². The molecule has 3 heteroatoms. The molecule has 0 unspecified atom stereocenters. The van der Waals surface area contributed by atoms with Gasteiger partial charge in [-0.05, 0) is 60.8 Å². The Hall–Kier alpha value is -1.64. The van der Waals surface area contributed by atoms with Gasteiger partial charge in [0.15, 0.2) is 0 Å². The third-order valence-corrected chi connectivity index (χ3v) is 5.22. The van der Waals surface area contributed by atoms with Crippen LogP contribution < -0.4 is 5.32 Å². The summed E-state index contributed by atoms with van der Waals surface area (Å²) in [5.41, 5.74) is 1.43. The van der Waals surface area contributed by atoms with Crippen LogP contribution in [-0.2, 0) is 4.79 Å². The number of nitrogens with one attached hydrogen (secondary N) is 1. The van der Waals surface area contributed by atoms with Crippen LogP contribution in [0.1, 0.15) is 58.4 Å². The summed E-state index contributed by atoms with van der Waals surface area (Å²) in [6.45, 7) is 7.01. The molecular weight excluding hydrogens is 272 g/mol.